The number of phenolic OH excluding ortho intramolecular Hbond substituents is 1. The van der Waals surface area contributed by atoms with Crippen molar-refractivity contribution in [3.8, 4) is 5.75 Å². The topological polar surface area (TPSA) is 46.2 Å². The third kappa shape index (κ3) is 3.73. The smallest absolute Gasteiger partial charge is 0.115 e. The molecule has 1 fully saturated rings. The average Bonchev–Trinajstić information content (AvgIpc) is 2.30. The van der Waals surface area contributed by atoms with Crippen molar-refractivity contribution in [3.63, 3.8) is 0 Å². The predicted molar refractivity (Wildman–Crippen MR) is 80.1 cm³/mol. The fourth-order valence-corrected chi connectivity index (χ4v) is 3.29. The van der Waals surface area contributed by atoms with Crippen molar-refractivity contribution < 1.29 is 5.11 Å². The summed E-state index contributed by atoms with van der Waals surface area (Å²) < 4.78 is 0. The molecule has 0 radical (unpaired) electrons. The van der Waals surface area contributed by atoms with Gasteiger partial charge in [-0.2, -0.15) is 0 Å². The zero-order valence-corrected chi connectivity index (χ0v) is 12.4. The Kier molecular flexibility index (Phi) is 4.19. The van der Waals surface area contributed by atoms with Gasteiger partial charge in [0.2, 0.25) is 0 Å². The van der Waals surface area contributed by atoms with Crippen LogP contribution < -0.4 is 5.73 Å². The lowest BCUT2D eigenvalue weighted by molar-refractivity contribution is 0.126. The molecule has 3 atom stereocenters. The molecular weight excluding hydrogens is 234 g/mol. The number of phenols is 1. The van der Waals surface area contributed by atoms with Gasteiger partial charge in [-0.25, -0.2) is 0 Å². The van der Waals surface area contributed by atoms with Crippen LogP contribution in [-0.2, 0) is 6.42 Å². The van der Waals surface area contributed by atoms with Crippen LogP contribution >= 0.6 is 0 Å². The van der Waals surface area contributed by atoms with Crippen molar-refractivity contribution in [2.75, 3.05) is 0 Å². The monoisotopic (exact) mass is 261 g/mol. The summed E-state index contributed by atoms with van der Waals surface area (Å²) in [7, 11) is 0. The summed E-state index contributed by atoms with van der Waals surface area (Å²) in [4.78, 5) is 0. The Labute approximate surface area is 117 Å². The van der Waals surface area contributed by atoms with Crippen LogP contribution in [0.1, 0.15) is 45.6 Å². The molecule has 1 aliphatic carbocycles. The highest BCUT2D eigenvalue weighted by Crippen LogP contribution is 2.40. The fraction of sp³-hybridized carbons (Fsp3) is 0.647. The molecule has 3 unspecified atom stereocenters. The Balaban J connectivity index is 2.05. The SMILES string of the molecule is CC(C)(C)C1CCC(N)C(Cc2cccc(O)c2)C1. The van der Waals surface area contributed by atoms with E-state index in [9.17, 15) is 5.11 Å². The van der Waals surface area contributed by atoms with Gasteiger partial charge in [-0.3, -0.25) is 0 Å². The summed E-state index contributed by atoms with van der Waals surface area (Å²) in [5.41, 5.74) is 7.88. The van der Waals surface area contributed by atoms with Crippen molar-refractivity contribution >= 4 is 0 Å². The first-order valence-electron chi connectivity index (χ1n) is 7.40. The van der Waals surface area contributed by atoms with Crippen LogP contribution in [0, 0.1) is 17.3 Å². The first-order valence-corrected chi connectivity index (χ1v) is 7.40. The van der Waals surface area contributed by atoms with E-state index in [2.05, 4.69) is 26.8 Å². The molecule has 0 spiro atoms. The summed E-state index contributed by atoms with van der Waals surface area (Å²) in [6.07, 6.45) is 4.58. The molecule has 2 heteroatoms. The Morgan fingerprint density at radius 2 is 2.00 bits per heavy atom. The van der Waals surface area contributed by atoms with E-state index in [4.69, 9.17) is 5.73 Å². The zero-order chi connectivity index (χ0) is 14.0. The standard InChI is InChI=1S/C17H27NO/c1-17(2,3)14-7-8-16(18)13(11-14)9-12-5-4-6-15(19)10-12/h4-6,10,13-14,16,19H,7-9,11,18H2,1-3H3. The Morgan fingerprint density at radius 3 is 2.63 bits per heavy atom. The van der Waals surface area contributed by atoms with E-state index in [1.165, 1.54) is 18.4 Å². The van der Waals surface area contributed by atoms with Gasteiger partial charge in [-0.1, -0.05) is 32.9 Å². The van der Waals surface area contributed by atoms with Crippen LogP contribution in [0.4, 0.5) is 0 Å². The quantitative estimate of drug-likeness (QED) is 0.852. The third-order valence-electron chi connectivity index (χ3n) is 4.67. The molecule has 1 aliphatic rings. The Bertz CT molecular complexity index is 422. The molecule has 106 valence electrons. The predicted octanol–water partition coefficient (Wildman–Crippen LogP) is 3.72. The maximum absolute atomic E-state index is 9.56. The molecule has 0 aliphatic heterocycles. The largest absolute Gasteiger partial charge is 0.508 e. The van der Waals surface area contributed by atoms with Crippen molar-refractivity contribution in [2.45, 2.75) is 52.5 Å². The van der Waals surface area contributed by atoms with Crippen LogP contribution in [-0.4, -0.2) is 11.1 Å². The van der Waals surface area contributed by atoms with E-state index in [0.29, 0.717) is 23.1 Å². The van der Waals surface area contributed by atoms with E-state index in [-0.39, 0.29) is 0 Å². The Hall–Kier alpha value is -1.02. The van der Waals surface area contributed by atoms with Gasteiger partial charge in [0.15, 0.2) is 0 Å². The van der Waals surface area contributed by atoms with Gasteiger partial charge in [0.05, 0.1) is 0 Å². The van der Waals surface area contributed by atoms with Gasteiger partial charge in [-0.05, 0) is 60.6 Å². The molecular formula is C17H27NO. The highest BCUT2D eigenvalue weighted by molar-refractivity contribution is 5.27. The van der Waals surface area contributed by atoms with Crippen LogP contribution in [0.25, 0.3) is 0 Å². The lowest BCUT2D eigenvalue weighted by Crippen LogP contribution is -2.40. The number of hydrogen-bond acceptors (Lipinski definition) is 2. The first-order chi connectivity index (χ1) is 8.86. The minimum Gasteiger partial charge on any atom is -0.508 e. The lowest BCUT2D eigenvalue weighted by Gasteiger charge is -2.40. The summed E-state index contributed by atoms with van der Waals surface area (Å²) in [5.74, 6) is 1.66. The Morgan fingerprint density at radius 1 is 1.26 bits per heavy atom. The molecule has 0 aromatic heterocycles. The van der Waals surface area contributed by atoms with Crippen molar-refractivity contribution in [1.82, 2.24) is 0 Å². The molecule has 1 saturated carbocycles. The summed E-state index contributed by atoms with van der Waals surface area (Å²) >= 11 is 0. The highest BCUT2D eigenvalue weighted by Gasteiger charge is 2.34. The molecule has 19 heavy (non-hydrogen) atoms. The number of benzene rings is 1. The first kappa shape index (κ1) is 14.4. The van der Waals surface area contributed by atoms with Crippen molar-refractivity contribution in [2.24, 2.45) is 23.0 Å². The van der Waals surface area contributed by atoms with E-state index in [1.54, 1.807) is 6.07 Å². The van der Waals surface area contributed by atoms with Gasteiger partial charge in [-0.15, -0.1) is 0 Å². The second kappa shape index (κ2) is 5.54. The van der Waals surface area contributed by atoms with Crippen LogP contribution in [0.5, 0.6) is 5.75 Å². The normalized spacial score (nSPS) is 28.3. The minimum absolute atomic E-state index is 0.306. The van der Waals surface area contributed by atoms with Crippen molar-refractivity contribution in [3.05, 3.63) is 29.8 Å². The van der Waals surface area contributed by atoms with Crippen LogP contribution in [0.3, 0.4) is 0 Å². The molecule has 1 aromatic rings. The van der Waals surface area contributed by atoms with Gasteiger partial charge in [0.25, 0.3) is 0 Å². The summed E-state index contributed by atoms with van der Waals surface area (Å²) in [6.45, 7) is 7.00. The van der Waals surface area contributed by atoms with Crippen molar-refractivity contribution in [1.29, 1.82) is 0 Å². The van der Waals surface area contributed by atoms with Crippen LogP contribution in [0.2, 0.25) is 0 Å². The summed E-state index contributed by atoms with van der Waals surface area (Å²) in [6, 6.07) is 7.91. The van der Waals surface area contributed by atoms with Gasteiger partial charge in [0, 0.05) is 6.04 Å². The average molecular weight is 261 g/mol. The molecule has 3 N–H and O–H groups in total. The second-order valence-corrected chi connectivity index (χ2v) is 7.17. The highest BCUT2D eigenvalue weighted by atomic mass is 16.3. The maximum Gasteiger partial charge on any atom is 0.115 e. The summed E-state index contributed by atoms with van der Waals surface area (Å²) in [5, 5.41) is 9.56. The second-order valence-electron chi connectivity index (χ2n) is 7.17. The van der Waals surface area contributed by atoms with Crippen LogP contribution in [0.15, 0.2) is 24.3 Å². The number of aromatic hydroxyl groups is 1. The van der Waals surface area contributed by atoms with Gasteiger partial charge in [0.1, 0.15) is 5.75 Å². The number of hydrogen-bond donors (Lipinski definition) is 2. The molecule has 0 bridgehead atoms. The van der Waals surface area contributed by atoms with E-state index >= 15 is 0 Å². The molecule has 1 aromatic carbocycles. The van der Waals surface area contributed by atoms with Gasteiger partial charge >= 0.3 is 0 Å². The minimum atomic E-state index is 0.306. The zero-order valence-electron chi connectivity index (χ0n) is 12.4. The molecule has 0 heterocycles. The molecule has 2 rings (SSSR count). The van der Waals surface area contributed by atoms with E-state index < -0.39 is 0 Å². The third-order valence-corrected chi connectivity index (χ3v) is 4.67. The molecule has 0 amide bonds. The maximum atomic E-state index is 9.56. The number of nitrogens with two attached hydrogens (primary N) is 1. The number of rotatable bonds is 2. The fourth-order valence-electron chi connectivity index (χ4n) is 3.29. The molecule has 2 nitrogen and oxygen atoms in total. The van der Waals surface area contributed by atoms with Gasteiger partial charge < -0.3 is 10.8 Å². The molecule has 0 saturated heterocycles. The van der Waals surface area contributed by atoms with E-state index in [1.807, 2.05) is 12.1 Å². The van der Waals surface area contributed by atoms with E-state index in [0.717, 1.165) is 18.8 Å². The lowest BCUT2D eigenvalue weighted by atomic mass is 9.66.